The van der Waals surface area contributed by atoms with Crippen molar-refractivity contribution in [3.63, 3.8) is 0 Å². The third-order valence-electron chi connectivity index (χ3n) is 4.00. The summed E-state index contributed by atoms with van der Waals surface area (Å²) in [6.07, 6.45) is 0. The van der Waals surface area contributed by atoms with Crippen molar-refractivity contribution in [3.05, 3.63) is 54.6 Å². The molecule has 120 valence electrons. The Morgan fingerprint density at radius 1 is 0.957 bits per heavy atom. The number of hydrogen-bond donors (Lipinski definition) is 1. The van der Waals surface area contributed by atoms with Crippen molar-refractivity contribution >= 4 is 17.3 Å². The van der Waals surface area contributed by atoms with Gasteiger partial charge in [-0.05, 0) is 36.4 Å². The summed E-state index contributed by atoms with van der Waals surface area (Å²) >= 11 is 0. The molecule has 2 aromatic rings. The standard InChI is InChI=1S/C18H21N3O2/c19-15-6-8-16(9-7-15)20-10-12-21(13-11-20)18(22)14-23-17-4-2-1-3-5-17/h1-9H,10-14,19H2. The first-order chi connectivity index (χ1) is 11.2. The number of nitrogens with two attached hydrogens (primary N) is 1. The third-order valence-corrected chi connectivity index (χ3v) is 4.00. The first-order valence-corrected chi connectivity index (χ1v) is 7.78. The van der Waals surface area contributed by atoms with E-state index in [2.05, 4.69) is 4.90 Å². The van der Waals surface area contributed by atoms with Crippen molar-refractivity contribution < 1.29 is 9.53 Å². The molecule has 0 spiro atoms. The van der Waals surface area contributed by atoms with Gasteiger partial charge in [-0.15, -0.1) is 0 Å². The lowest BCUT2D eigenvalue weighted by Gasteiger charge is -2.36. The van der Waals surface area contributed by atoms with E-state index in [-0.39, 0.29) is 12.5 Å². The van der Waals surface area contributed by atoms with Crippen LogP contribution in [0.25, 0.3) is 0 Å². The summed E-state index contributed by atoms with van der Waals surface area (Å²) in [6, 6.07) is 17.3. The normalized spacial score (nSPS) is 14.6. The van der Waals surface area contributed by atoms with Gasteiger partial charge in [0.2, 0.25) is 0 Å². The van der Waals surface area contributed by atoms with E-state index in [0.717, 1.165) is 30.2 Å². The lowest BCUT2D eigenvalue weighted by molar-refractivity contribution is -0.133. The van der Waals surface area contributed by atoms with Crippen LogP contribution in [0.2, 0.25) is 0 Å². The molecule has 3 rings (SSSR count). The second-order valence-electron chi connectivity index (χ2n) is 5.56. The van der Waals surface area contributed by atoms with Crippen molar-refractivity contribution in [3.8, 4) is 5.75 Å². The molecule has 0 unspecified atom stereocenters. The fourth-order valence-corrected chi connectivity index (χ4v) is 2.65. The van der Waals surface area contributed by atoms with Crippen molar-refractivity contribution in [2.75, 3.05) is 43.4 Å². The Hall–Kier alpha value is -2.69. The van der Waals surface area contributed by atoms with Gasteiger partial charge >= 0.3 is 0 Å². The number of rotatable bonds is 4. The number of benzene rings is 2. The van der Waals surface area contributed by atoms with E-state index < -0.39 is 0 Å². The number of hydrogen-bond acceptors (Lipinski definition) is 4. The molecule has 1 amide bonds. The highest BCUT2D eigenvalue weighted by Crippen LogP contribution is 2.18. The topological polar surface area (TPSA) is 58.8 Å². The summed E-state index contributed by atoms with van der Waals surface area (Å²) in [5, 5.41) is 0. The zero-order valence-electron chi connectivity index (χ0n) is 13.0. The summed E-state index contributed by atoms with van der Waals surface area (Å²) in [5.74, 6) is 0.757. The predicted molar refractivity (Wildman–Crippen MR) is 91.6 cm³/mol. The van der Waals surface area contributed by atoms with Gasteiger partial charge in [0.05, 0.1) is 0 Å². The molecule has 1 heterocycles. The Kier molecular flexibility index (Phi) is 4.66. The van der Waals surface area contributed by atoms with E-state index in [1.165, 1.54) is 0 Å². The van der Waals surface area contributed by atoms with Crippen LogP contribution in [0, 0.1) is 0 Å². The maximum atomic E-state index is 12.2. The Morgan fingerprint density at radius 3 is 2.26 bits per heavy atom. The summed E-state index contributed by atoms with van der Waals surface area (Å²) in [7, 11) is 0. The minimum absolute atomic E-state index is 0.0332. The zero-order valence-corrected chi connectivity index (χ0v) is 13.0. The van der Waals surface area contributed by atoms with Crippen molar-refractivity contribution in [2.45, 2.75) is 0 Å². The Labute approximate surface area is 136 Å². The van der Waals surface area contributed by atoms with Crippen LogP contribution in [0.4, 0.5) is 11.4 Å². The summed E-state index contributed by atoms with van der Waals surface area (Å²) < 4.78 is 5.53. The minimum atomic E-state index is 0.0332. The van der Waals surface area contributed by atoms with Crippen molar-refractivity contribution in [1.82, 2.24) is 4.90 Å². The molecule has 0 aromatic heterocycles. The molecule has 1 saturated heterocycles. The quantitative estimate of drug-likeness (QED) is 0.877. The van der Waals surface area contributed by atoms with E-state index in [1.54, 1.807) is 0 Å². The van der Waals surface area contributed by atoms with Crippen LogP contribution in [0.5, 0.6) is 5.75 Å². The monoisotopic (exact) mass is 311 g/mol. The second-order valence-corrected chi connectivity index (χ2v) is 5.56. The molecule has 0 bridgehead atoms. The number of piperazine rings is 1. The number of ether oxygens (including phenoxy) is 1. The highest BCUT2D eigenvalue weighted by Gasteiger charge is 2.21. The van der Waals surface area contributed by atoms with E-state index in [4.69, 9.17) is 10.5 Å². The summed E-state index contributed by atoms with van der Waals surface area (Å²) in [5.41, 5.74) is 7.62. The molecule has 2 N–H and O–H groups in total. The SMILES string of the molecule is Nc1ccc(N2CCN(C(=O)COc3ccccc3)CC2)cc1. The Balaban J connectivity index is 1.48. The molecular formula is C18H21N3O2. The first kappa shape index (κ1) is 15.2. The number of nitrogens with zero attached hydrogens (tertiary/aromatic N) is 2. The highest BCUT2D eigenvalue weighted by molar-refractivity contribution is 5.78. The average Bonchev–Trinajstić information content (AvgIpc) is 2.61. The zero-order chi connectivity index (χ0) is 16.1. The molecule has 5 heteroatoms. The number of anilines is 2. The molecule has 1 fully saturated rings. The van der Waals surface area contributed by atoms with Gasteiger partial charge in [0.15, 0.2) is 6.61 Å². The van der Waals surface area contributed by atoms with Crippen LogP contribution in [-0.2, 0) is 4.79 Å². The summed E-state index contributed by atoms with van der Waals surface area (Å²) in [6.45, 7) is 3.15. The first-order valence-electron chi connectivity index (χ1n) is 7.78. The molecule has 0 aliphatic carbocycles. The summed E-state index contributed by atoms with van der Waals surface area (Å²) in [4.78, 5) is 16.3. The van der Waals surface area contributed by atoms with Gasteiger partial charge < -0.3 is 20.3 Å². The fraction of sp³-hybridized carbons (Fsp3) is 0.278. The molecule has 0 atom stereocenters. The van der Waals surface area contributed by atoms with Crippen molar-refractivity contribution in [1.29, 1.82) is 0 Å². The largest absolute Gasteiger partial charge is 0.484 e. The Bertz CT molecular complexity index is 635. The van der Waals surface area contributed by atoms with Gasteiger partial charge in [-0.1, -0.05) is 18.2 Å². The Morgan fingerprint density at radius 2 is 1.61 bits per heavy atom. The van der Waals surface area contributed by atoms with Gasteiger partial charge in [-0.2, -0.15) is 0 Å². The van der Waals surface area contributed by atoms with Gasteiger partial charge in [-0.25, -0.2) is 0 Å². The number of carbonyl (C=O) groups is 1. The lowest BCUT2D eigenvalue weighted by atomic mass is 10.2. The number of nitrogen functional groups attached to an aromatic ring is 1. The van der Waals surface area contributed by atoms with E-state index in [9.17, 15) is 4.79 Å². The van der Waals surface area contributed by atoms with Gasteiger partial charge in [0.1, 0.15) is 5.75 Å². The number of carbonyl (C=O) groups excluding carboxylic acids is 1. The minimum Gasteiger partial charge on any atom is -0.484 e. The number of para-hydroxylation sites is 1. The molecule has 1 aliphatic heterocycles. The van der Waals surface area contributed by atoms with Gasteiger partial charge in [0.25, 0.3) is 5.91 Å². The lowest BCUT2D eigenvalue weighted by Crippen LogP contribution is -2.50. The van der Waals surface area contributed by atoms with Crippen LogP contribution in [-0.4, -0.2) is 43.6 Å². The van der Waals surface area contributed by atoms with Gasteiger partial charge in [-0.3, -0.25) is 4.79 Å². The number of amides is 1. The molecule has 0 radical (unpaired) electrons. The smallest absolute Gasteiger partial charge is 0.260 e. The van der Waals surface area contributed by atoms with E-state index >= 15 is 0 Å². The fourth-order valence-electron chi connectivity index (χ4n) is 2.65. The van der Waals surface area contributed by atoms with Crippen LogP contribution in [0.15, 0.2) is 54.6 Å². The van der Waals surface area contributed by atoms with Gasteiger partial charge in [0, 0.05) is 37.6 Å². The average molecular weight is 311 g/mol. The van der Waals surface area contributed by atoms with Crippen LogP contribution < -0.4 is 15.4 Å². The van der Waals surface area contributed by atoms with E-state index in [0.29, 0.717) is 13.1 Å². The highest BCUT2D eigenvalue weighted by atomic mass is 16.5. The maximum Gasteiger partial charge on any atom is 0.260 e. The molecule has 23 heavy (non-hydrogen) atoms. The third kappa shape index (κ3) is 3.94. The molecule has 0 saturated carbocycles. The molecule has 1 aliphatic rings. The predicted octanol–water partition coefficient (Wildman–Crippen LogP) is 2.00. The second kappa shape index (κ2) is 7.05. The van der Waals surface area contributed by atoms with Crippen LogP contribution in [0.3, 0.4) is 0 Å². The molecule has 2 aromatic carbocycles. The maximum absolute atomic E-state index is 12.2. The van der Waals surface area contributed by atoms with E-state index in [1.807, 2.05) is 59.5 Å². The molecule has 5 nitrogen and oxygen atoms in total. The van der Waals surface area contributed by atoms with Crippen molar-refractivity contribution in [2.24, 2.45) is 0 Å². The van der Waals surface area contributed by atoms with Crippen LogP contribution in [0.1, 0.15) is 0 Å². The molecular weight excluding hydrogens is 290 g/mol. The van der Waals surface area contributed by atoms with Crippen LogP contribution >= 0.6 is 0 Å².